The molecule has 0 radical (unpaired) electrons. The first-order valence-corrected chi connectivity index (χ1v) is 6.91. The fourth-order valence-corrected chi connectivity index (χ4v) is 2.27. The molecule has 0 bridgehead atoms. The number of ether oxygens (including phenoxy) is 1. The number of hydrogen-bond acceptors (Lipinski definition) is 4. The van der Waals surface area contributed by atoms with Crippen molar-refractivity contribution in [2.75, 3.05) is 33.8 Å². The summed E-state index contributed by atoms with van der Waals surface area (Å²) in [4.78, 5) is 13.0. The van der Waals surface area contributed by atoms with Crippen molar-refractivity contribution in [2.24, 2.45) is 0 Å². The topological polar surface area (TPSA) is 59.1 Å². The summed E-state index contributed by atoms with van der Waals surface area (Å²) in [6.45, 7) is 2.90. The Morgan fingerprint density at radius 1 is 1.59 bits per heavy atom. The van der Waals surface area contributed by atoms with Crippen LogP contribution < -0.4 is 0 Å². The maximum Gasteiger partial charge on any atom is 0.260 e. The van der Waals surface area contributed by atoms with E-state index in [1.165, 1.54) is 0 Å². The smallest absolute Gasteiger partial charge is 0.260 e. The third-order valence-corrected chi connectivity index (χ3v) is 3.67. The zero-order valence-corrected chi connectivity index (χ0v) is 11.8. The van der Waals surface area contributed by atoms with Crippen LogP contribution in [0.1, 0.15) is 6.92 Å². The van der Waals surface area contributed by atoms with E-state index in [0.29, 0.717) is 13.1 Å². The van der Waals surface area contributed by atoms with Gasteiger partial charge in [0.1, 0.15) is 7.85 Å². The number of amides is 1. The minimum absolute atomic E-state index is 0.0112. The lowest BCUT2D eigenvalue weighted by Crippen LogP contribution is -2.50. The van der Waals surface area contributed by atoms with E-state index in [-0.39, 0.29) is 24.6 Å². The van der Waals surface area contributed by atoms with Gasteiger partial charge in [0.2, 0.25) is 5.91 Å². The van der Waals surface area contributed by atoms with Crippen molar-refractivity contribution in [1.29, 1.82) is 0 Å². The quantitative estimate of drug-likeness (QED) is 0.488. The Balaban J connectivity index is 2.43. The number of morpholine rings is 1. The second-order valence-electron chi connectivity index (χ2n) is 4.46. The lowest BCUT2D eigenvalue weighted by atomic mass is 9.97. The van der Waals surface area contributed by atoms with E-state index >= 15 is 0 Å². The molecule has 1 saturated heterocycles. The van der Waals surface area contributed by atoms with Crippen LogP contribution >= 0.6 is 8.18 Å². The third kappa shape index (κ3) is 4.80. The highest BCUT2D eigenvalue weighted by molar-refractivity contribution is 7.36. The molecule has 2 unspecified atom stereocenters. The van der Waals surface area contributed by atoms with Crippen LogP contribution in [0.15, 0.2) is 0 Å². The van der Waals surface area contributed by atoms with E-state index in [9.17, 15) is 9.36 Å². The molecule has 0 saturated carbocycles. The lowest BCUT2D eigenvalue weighted by Gasteiger charge is -2.36. The molecular weight excluding hydrogens is 242 g/mol. The molecule has 1 amide bonds. The Labute approximate surface area is 104 Å². The van der Waals surface area contributed by atoms with Crippen molar-refractivity contribution in [3.8, 4) is 0 Å². The van der Waals surface area contributed by atoms with Crippen LogP contribution in [-0.2, 0) is 18.6 Å². The van der Waals surface area contributed by atoms with Gasteiger partial charge in [-0.3, -0.25) is 9.36 Å². The molecule has 17 heavy (non-hydrogen) atoms. The Morgan fingerprint density at radius 3 is 2.76 bits per heavy atom. The van der Waals surface area contributed by atoms with Gasteiger partial charge in [0.15, 0.2) is 0 Å². The van der Waals surface area contributed by atoms with Crippen molar-refractivity contribution in [2.45, 2.75) is 19.0 Å². The molecule has 1 heterocycles. The first-order chi connectivity index (χ1) is 7.90. The fraction of sp³-hybridized carbons (Fsp3) is 0.889. The average Bonchev–Trinajstić information content (AvgIpc) is 2.24. The van der Waals surface area contributed by atoms with Gasteiger partial charge >= 0.3 is 0 Å². The van der Waals surface area contributed by atoms with Gasteiger partial charge in [0.25, 0.3) is 8.18 Å². The molecule has 0 N–H and O–H groups in total. The molecule has 3 atom stereocenters. The van der Waals surface area contributed by atoms with Crippen LogP contribution in [-0.4, -0.2) is 69.2 Å². The van der Waals surface area contributed by atoms with Crippen LogP contribution in [0, 0.1) is 0 Å². The zero-order chi connectivity index (χ0) is 13.0. The van der Waals surface area contributed by atoms with E-state index in [1.54, 1.807) is 30.6 Å². The molecule has 0 aromatic heterocycles. The third-order valence-electron chi connectivity index (χ3n) is 2.53. The molecule has 0 aromatic rings. The van der Waals surface area contributed by atoms with Crippen LogP contribution in [0.4, 0.5) is 0 Å². The Kier molecular flexibility index (Phi) is 5.66. The highest BCUT2D eigenvalue weighted by Crippen LogP contribution is 2.25. The van der Waals surface area contributed by atoms with Crippen molar-refractivity contribution in [3.05, 3.63) is 0 Å². The summed E-state index contributed by atoms with van der Waals surface area (Å²) in [5, 5.41) is 0. The number of carbonyl (C=O) groups is 1. The van der Waals surface area contributed by atoms with Crippen LogP contribution in [0.5, 0.6) is 0 Å². The van der Waals surface area contributed by atoms with Crippen molar-refractivity contribution >= 4 is 21.9 Å². The number of hydrogen-bond donors (Lipinski definition) is 0. The average molecular weight is 262 g/mol. The van der Waals surface area contributed by atoms with Crippen molar-refractivity contribution in [3.63, 3.8) is 0 Å². The van der Waals surface area contributed by atoms with E-state index < -0.39 is 8.18 Å². The van der Waals surface area contributed by atoms with Gasteiger partial charge in [-0.05, 0) is 14.1 Å². The summed E-state index contributed by atoms with van der Waals surface area (Å²) in [5.74, 6) is 0.0328. The van der Waals surface area contributed by atoms with Gasteiger partial charge in [0, 0.05) is 26.0 Å². The maximum absolute atomic E-state index is 11.4. The first kappa shape index (κ1) is 14.7. The summed E-state index contributed by atoms with van der Waals surface area (Å²) in [7, 11) is 3.16. The monoisotopic (exact) mass is 262 g/mol. The Morgan fingerprint density at radius 2 is 2.24 bits per heavy atom. The molecule has 6 nitrogen and oxygen atoms in total. The van der Waals surface area contributed by atoms with Gasteiger partial charge in [-0.2, -0.15) is 0 Å². The largest absolute Gasteiger partial charge is 0.378 e. The standard InChI is InChI=1S/C9H20BN2O4P/c1-7(13)12-4-8(16-9(10)5-12)6-15-17(14)11(2)3/h8-9,17H,4-6,10H2,1-3H3/t8?,9-/m1/s1. The molecule has 8 heteroatoms. The summed E-state index contributed by atoms with van der Waals surface area (Å²) in [5.41, 5.74) is 0. The Hall–Kier alpha value is -0.355. The summed E-state index contributed by atoms with van der Waals surface area (Å²) in [6.07, 6.45) is -0.198. The van der Waals surface area contributed by atoms with Gasteiger partial charge < -0.3 is 14.2 Å². The molecule has 0 spiro atoms. The molecule has 1 fully saturated rings. The van der Waals surface area contributed by atoms with Crippen LogP contribution in [0.3, 0.4) is 0 Å². The van der Waals surface area contributed by atoms with Gasteiger partial charge in [0.05, 0.1) is 12.7 Å². The first-order valence-electron chi connectivity index (χ1n) is 5.65. The van der Waals surface area contributed by atoms with E-state index in [1.807, 2.05) is 7.85 Å². The molecule has 1 aliphatic rings. The predicted octanol–water partition coefficient (Wildman–Crippen LogP) is -0.839. The molecule has 0 aromatic carbocycles. The molecule has 1 rings (SSSR count). The number of carbonyl (C=O) groups excluding carboxylic acids is 1. The molecule has 1 aliphatic heterocycles. The van der Waals surface area contributed by atoms with Crippen LogP contribution in [0.25, 0.3) is 0 Å². The number of rotatable bonds is 4. The van der Waals surface area contributed by atoms with Gasteiger partial charge in [-0.1, -0.05) is 0 Å². The van der Waals surface area contributed by atoms with Crippen molar-refractivity contribution < 1.29 is 18.6 Å². The summed E-state index contributed by atoms with van der Waals surface area (Å²) >= 11 is 0. The molecular formula is C9H20BN2O4P. The minimum Gasteiger partial charge on any atom is -0.378 e. The highest BCUT2D eigenvalue weighted by atomic mass is 31.1. The van der Waals surface area contributed by atoms with Crippen molar-refractivity contribution in [1.82, 2.24) is 9.57 Å². The van der Waals surface area contributed by atoms with Gasteiger partial charge in [-0.15, -0.1) is 0 Å². The fourth-order valence-electron chi connectivity index (χ4n) is 1.69. The second kappa shape index (κ2) is 6.54. The number of nitrogens with zero attached hydrogens (tertiary/aromatic N) is 2. The summed E-state index contributed by atoms with van der Waals surface area (Å²) in [6, 6.07) is -0.0112. The Bertz CT molecular complexity index is 303. The summed E-state index contributed by atoms with van der Waals surface area (Å²) < 4.78 is 23.8. The second-order valence-corrected chi connectivity index (χ2v) is 6.18. The molecule has 0 aliphatic carbocycles. The maximum atomic E-state index is 11.4. The highest BCUT2D eigenvalue weighted by Gasteiger charge is 2.27. The molecule has 98 valence electrons. The lowest BCUT2D eigenvalue weighted by molar-refractivity contribution is -0.139. The normalized spacial score (nSPS) is 27.2. The predicted molar refractivity (Wildman–Crippen MR) is 68.1 cm³/mol. The van der Waals surface area contributed by atoms with Gasteiger partial charge in [-0.25, -0.2) is 4.67 Å². The zero-order valence-electron chi connectivity index (χ0n) is 10.8. The van der Waals surface area contributed by atoms with E-state index in [2.05, 4.69) is 0 Å². The minimum atomic E-state index is -2.16. The SMILES string of the molecule is B[C@H]1CN(C(C)=O)CC(CO[PH](=O)N(C)C)O1. The van der Waals surface area contributed by atoms with E-state index in [0.717, 1.165) is 0 Å². The van der Waals surface area contributed by atoms with Crippen LogP contribution in [0.2, 0.25) is 0 Å². The van der Waals surface area contributed by atoms with E-state index in [4.69, 9.17) is 9.26 Å².